The number of urea groups is 1. The number of esters is 1. The summed E-state index contributed by atoms with van der Waals surface area (Å²) in [6.45, 7) is 6.51. The number of anilines is 1. The van der Waals surface area contributed by atoms with Crippen LogP contribution in [0.25, 0.3) is 0 Å². The van der Waals surface area contributed by atoms with Gasteiger partial charge in [0.05, 0.1) is 5.56 Å². The highest BCUT2D eigenvalue weighted by atomic mass is 16.6. The minimum absolute atomic E-state index is 0.161. The summed E-state index contributed by atoms with van der Waals surface area (Å²) in [5.41, 5.74) is 4.76. The topological polar surface area (TPSA) is 137 Å². The van der Waals surface area contributed by atoms with Gasteiger partial charge in [-0.05, 0) is 52.0 Å². The predicted molar refractivity (Wildman–Crippen MR) is 88.9 cm³/mol. The van der Waals surface area contributed by atoms with Gasteiger partial charge in [0.25, 0.3) is 5.91 Å². The maximum atomic E-state index is 11.9. The van der Waals surface area contributed by atoms with Crippen molar-refractivity contribution >= 4 is 29.7 Å². The third kappa shape index (κ3) is 7.34. The van der Waals surface area contributed by atoms with E-state index in [1.165, 1.54) is 31.2 Å². The van der Waals surface area contributed by atoms with Crippen LogP contribution in [-0.2, 0) is 14.3 Å². The lowest BCUT2D eigenvalue weighted by molar-refractivity contribution is -0.127. The van der Waals surface area contributed by atoms with Crippen LogP contribution in [0, 0.1) is 0 Å². The van der Waals surface area contributed by atoms with Crippen LogP contribution in [0.1, 0.15) is 38.1 Å². The molecular weight excluding hydrogens is 330 g/mol. The number of primary amides is 1. The minimum atomic E-state index is -1.19. The highest BCUT2D eigenvalue weighted by Crippen LogP contribution is 2.14. The number of carbonyl (C=O) groups is 4. The van der Waals surface area contributed by atoms with Crippen LogP contribution in [0.2, 0.25) is 0 Å². The van der Waals surface area contributed by atoms with Gasteiger partial charge in [0, 0.05) is 5.69 Å². The number of amides is 4. The first-order chi connectivity index (χ1) is 11.5. The Hall–Kier alpha value is -3.10. The molecule has 0 aliphatic carbocycles. The standard InChI is InChI=1S/C16H21N3O6/c1-9(12(20)19-14(17)22)24-13(21)10-5-7-11(8-6-10)18-15(23)25-16(2,3)4/h5-9H,1-4H3,(H,18,23)(H3,17,19,20,22)/t9-/m1/s1. The zero-order chi connectivity index (χ0) is 19.2. The summed E-state index contributed by atoms with van der Waals surface area (Å²) in [5.74, 6) is -1.60. The van der Waals surface area contributed by atoms with E-state index in [0.717, 1.165) is 0 Å². The maximum Gasteiger partial charge on any atom is 0.412 e. The number of nitrogens with one attached hydrogen (secondary N) is 2. The quantitative estimate of drug-likeness (QED) is 0.707. The molecule has 1 atom stereocenters. The molecule has 0 bridgehead atoms. The van der Waals surface area contributed by atoms with Gasteiger partial charge in [-0.2, -0.15) is 0 Å². The molecular formula is C16H21N3O6. The Morgan fingerprint density at radius 2 is 1.64 bits per heavy atom. The van der Waals surface area contributed by atoms with Crippen molar-refractivity contribution in [3.05, 3.63) is 29.8 Å². The van der Waals surface area contributed by atoms with E-state index in [4.69, 9.17) is 15.2 Å². The number of hydrogen-bond acceptors (Lipinski definition) is 6. The summed E-state index contributed by atoms with van der Waals surface area (Å²) in [7, 11) is 0. The average Bonchev–Trinajstić information content (AvgIpc) is 2.44. The average molecular weight is 351 g/mol. The van der Waals surface area contributed by atoms with Gasteiger partial charge in [-0.3, -0.25) is 15.4 Å². The van der Waals surface area contributed by atoms with Crippen molar-refractivity contribution in [3.63, 3.8) is 0 Å². The second-order valence-electron chi connectivity index (χ2n) is 6.11. The molecule has 0 aliphatic rings. The van der Waals surface area contributed by atoms with E-state index < -0.39 is 35.7 Å². The molecule has 0 aromatic heterocycles. The van der Waals surface area contributed by atoms with Crippen LogP contribution in [0.3, 0.4) is 0 Å². The third-order valence-electron chi connectivity index (χ3n) is 2.67. The molecule has 0 unspecified atom stereocenters. The van der Waals surface area contributed by atoms with Gasteiger partial charge in [-0.25, -0.2) is 14.4 Å². The third-order valence-corrected chi connectivity index (χ3v) is 2.67. The molecule has 0 saturated carbocycles. The molecule has 0 fully saturated rings. The number of hydrogen-bond donors (Lipinski definition) is 3. The fourth-order valence-electron chi connectivity index (χ4n) is 1.62. The Balaban J connectivity index is 2.63. The van der Waals surface area contributed by atoms with Gasteiger partial charge in [0.1, 0.15) is 5.60 Å². The molecule has 0 saturated heterocycles. The van der Waals surface area contributed by atoms with Gasteiger partial charge in [0.15, 0.2) is 6.10 Å². The van der Waals surface area contributed by atoms with Crippen molar-refractivity contribution in [2.24, 2.45) is 5.73 Å². The van der Waals surface area contributed by atoms with Gasteiger partial charge < -0.3 is 15.2 Å². The summed E-state index contributed by atoms with van der Waals surface area (Å²) in [4.78, 5) is 45.6. The Kier molecular flexibility index (Phi) is 6.49. The van der Waals surface area contributed by atoms with Crippen LogP contribution < -0.4 is 16.4 Å². The van der Waals surface area contributed by atoms with Gasteiger partial charge >= 0.3 is 18.1 Å². The van der Waals surface area contributed by atoms with Crippen molar-refractivity contribution < 1.29 is 28.7 Å². The molecule has 1 aromatic rings. The fourth-order valence-corrected chi connectivity index (χ4v) is 1.62. The zero-order valence-electron chi connectivity index (χ0n) is 14.4. The lowest BCUT2D eigenvalue weighted by Gasteiger charge is -2.19. The SMILES string of the molecule is C[C@@H](OC(=O)c1ccc(NC(=O)OC(C)(C)C)cc1)C(=O)NC(N)=O. The number of nitrogens with two attached hydrogens (primary N) is 1. The molecule has 9 heteroatoms. The lowest BCUT2D eigenvalue weighted by Crippen LogP contribution is -2.42. The largest absolute Gasteiger partial charge is 0.449 e. The van der Waals surface area contributed by atoms with Crippen molar-refractivity contribution in [1.82, 2.24) is 5.32 Å². The number of ether oxygens (including phenoxy) is 2. The first kappa shape index (κ1) is 19.9. The molecule has 0 radical (unpaired) electrons. The first-order valence-electron chi connectivity index (χ1n) is 7.39. The van der Waals surface area contributed by atoms with E-state index in [0.29, 0.717) is 5.69 Å². The number of imide groups is 1. The van der Waals surface area contributed by atoms with E-state index in [1.54, 1.807) is 20.8 Å². The molecule has 1 aromatic carbocycles. The molecule has 1 rings (SSSR count). The van der Waals surface area contributed by atoms with E-state index in [-0.39, 0.29) is 5.56 Å². The van der Waals surface area contributed by atoms with Gasteiger partial charge in [-0.15, -0.1) is 0 Å². The molecule has 25 heavy (non-hydrogen) atoms. The summed E-state index contributed by atoms with van der Waals surface area (Å²) in [6.07, 6.45) is -1.82. The normalized spacial score (nSPS) is 11.8. The van der Waals surface area contributed by atoms with Crippen LogP contribution in [0.5, 0.6) is 0 Å². The van der Waals surface area contributed by atoms with Gasteiger partial charge in [-0.1, -0.05) is 0 Å². The second-order valence-corrected chi connectivity index (χ2v) is 6.11. The fraction of sp³-hybridized carbons (Fsp3) is 0.375. The molecule has 136 valence electrons. The van der Waals surface area contributed by atoms with Crippen molar-refractivity contribution in [1.29, 1.82) is 0 Å². The van der Waals surface area contributed by atoms with Crippen LogP contribution >= 0.6 is 0 Å². The molecule has 4 N–H and O–H groups in total. The van der Waals surface area contributed by atoms with E-state index in [9.17, 15) is 19.2 Å². The van der Waals surface area contributed by atoms with E-state index >= 15 is 0 Å². The highest BCUT2D eigenvalue weighted by molar-refractivity contribution is 5.98. The lowest BCUT2D eigenvalue weighted by atomic mass is 10.2. The summed E-state index contributed by atoms with van der Waals surface area (Å²) < 4.78 is 10.0. The van der Waals surface area contributed by atoms with Crippen molar-refractivity contribution in [3.8, 4) is 0 Å². The van der Waals surface area contributed by atoms with Crippen molar-refractivity contribution in [2.75, 3.05) is 5.32 Å². The van der Waals surface area contributed by atoms with Crippen LogP contribution in [-0.4, -0.2) is 35.7 Å². The molecule has 0 heterocycles. The van der Waals surface area contributed by atoms with Crippen molar-refractivity contribution in [2.45, 2.75) is 39.4 Å². The Morgan fingerprint density at radius 3 is 2.12 bits per heavy atom. The zero-order valence-corrected chi connectivity index (χ0v) is 14.4. The first-order valence-corrected chi connectivity index (χ1v) is 7.39. The summed E-state index contributed by atoms with van der Waals surface area (Å²) >= 11 is 0. The Morgan fingerprint density at radius 1 is 1.08 bits per heavy atom. The van der Waals surface area contributed by atoms with Crippen LogP contribution in [0.4, 0.5) is 15.3 Å². The Labute approximate surface area is 144 Å². The monoisotopic (exact) mass is 351 g/mol. The number of benzene rings is 1. The number of rotatable bonds is 4. The minimum Gasteiger partial charge on any atom is -0.449 e. The maximum absolute atomic E-state index is 11.9. The second kappa shape index (κ2) is 8.13. The molecule has 9 nitrogen and oxygen atoms in total. The van der Waals surface area contributed by atoms with Crippen LogP contribution in [0.15, 0.2) is 24.3 Å². The van der Waals surface area contributed by atoms with E-state index in [1.807, 2.05) is 5.32 Å². The highest BCUT2D eigenvalue weighted by Gasteiger charge is 2.20. The smallest absolute Gasteiger partial charge is 0.412 e. The molecule has 4 amide bonds. The number of carbonyl (C=O) groups excluding carboxylic acids is 4. The summed E-state index contributed by atoms with van der Waals surface area (Å²) in [5, 5.41) is 4.33. The molecule has 0 aliphatic heterocycles. The van der Waals surface area contributed by atoms with E-state index in [2.05, 4.69) is 5.32 Å². The predicted octanol–water partition coefficient (Wildman–Crippen LogP) is 1.77. The van der Waals surface area contributed by atoms with Gasteiger partial charge in [0.2, 0.25) is 0 Å². The molecule has 0 spiro atoms. The Bertz CT molecular complexity index is 663. The summed E-state index contributed by atoms with van der Waals surface area (Å²) in [6, 6.07) is 4.75.